The van der Waals surface area contributed by atoms with E-state index in [1.54, 1.807) is 34.8 Å². The highest BCUT2D eigenvalue weighted by atomic mass is 32.1. The number of alkyl halides is 2. The zero-order chi connectivity index (χ0) is 18.1. The van der Waals surface area contributed by atoms with Crippen LogP contribution in [0.1, 0.15) is 31.7 Å². The number of benzene rings is 1. The van der Waals surface area contributed by atoms with Gasteiger partial charge in [0.05, 0.1) is 6.04 Å². The van der Waals surface area contributed by atoms with Crippen LogP contribution in [0, 0.1) is 0 Å². The molecule has 1 aliphatic rings. The topological polar surface area (TPSA) is 29.5 Å². The molecular formula is C19H15F2NO2S2. The number of rotatable bonds is 4. The quantitative estimate of drug-likeness (QED) is 0.612. The van der Waals surface area contributed by atoms with E-state index in [-0.39, 0.29) is 17.7 Å². The summed E-state index contributed by atoms with van der Waals surface area (Å²) in [6.07, 6.45) is 0.799. The van der Waals surface area contributed by atoms with Crippen LogP contribution in [0.5, 0.6) is 5.75 Å². The van der Waals surface area contributed by atoms with E-state index in [0.717, 1.165) is 16.9 Å². The molecule has 134 valence electrons. The number of hydrogen-bond acceptors (Lipinski definition) is 4. The molecule has 3 heterocycles. The SMILES string of the molecule is O=C(c1cccc(OC(F)F)c1)N1CCc2sccc2C1c1cccs1. The minimum Gasteiger partial charge on any atom is -0.435 e. The van der Waals surface area contributed by atoms with Gasteiger partial charge in [0.1, 0.15) is 5.75 Å². The highest BCUT2D eigenvalue weighted by Crippen LogP contribution is 2.40. The zero-order valence-electron chi connectivity index (χ0n) is 13.6. The van der Waals surface area contributed by atoms with Crippen LogP contribution in [0.2, 0.25) is 0 Å². The first-order valence-corrected chi connectivity index (χ1v) is 9.85. The highest BCUT2D eigenvalue weighted by molar-refractivity contribution is 7.10. The van der Waals surface area contributed by atoms with Crippen molar-refractivity contribution in [3.63, 3.8) is 0 Å². The predicted molar refractivity (Wildman–Crippen MR) is 98.3 cm³/mol. The molecule has 26 heavy (non-hydrogen) atoms. The predicted octanol–water partition coefficient (Wildman–Crippen LogP) is 5.20. The number of thiophene rings is 2. The maximum Gasteiger partial charge on any atom is 0.387 e. The Kier molecular flexibility index (Phi) is 4.74. The molecule has 3 nitrogen and oxygen atoms in total. The van der Waals surface area contributed by atoms with Gasteiger partial charge in [0, 0.05) is 21.9 Å². The van der Waals surface area contributed by atoms with E-state index in [4.69, 9.17) is 0 Å². The average molecular weight is 391 g/mol. The lowest BCUT2D eigenvalue weighted by molar-refractivity contribution is -0.0499. The van der Waals surface area contributed by atoms with Crippen molar-refractivity contribution < 1.29 is 18.3 Å². The van der Waals surface area contributed by atoms with E-state index in [1.165, 1.54) is 17.0 Å². The smallest absolute Gasteiger partial charge is 0.387 e. The van der Waals surface area contributed by atoms with Crippen molar-refractivity contribution in [2.45, 2.75) is 19.1 Å². The lowest BCUT2D eigenvalue weighted by atomic mass is 9.97. The van der Waals surface area contributed by atoms with Gasteiger partial charge in [-0.05, 0) is 53.1 Å². The van der Waals surface area contributed by atoms with Gasteiger partial charge in [0.15, 0.2) is 0 Å². The summed E-state index contributed by atoms with van der Waals surface area (Å²) in [6.45, 7) is -2.32. The largest absolute Gasteiger partial charge is 0.435 e. The zero-order valence-corrected chi connectivity index (χ0v) is 15.2. The van der Waals surface area contributed by atoms with Crippen LogP contribution in [-0.4, -0.2) is 24.0 Å². The van der Waals surface area contributed by atoms with Crippen molar-refractivity contribution >= 4 is 28.6 Å². The van der Waals surface area contributed by atoms with Gasteiger partial charge in [-0.25, -0.2) is 0 Å². The number of fused-ring (bicyclic) bond motifs is 1. The van der Waals surface area contributed by atoms with Gasteiger partial charge in [-0.1, -0.05) is 12.1 Å². The van der Waals surface area contributed by atoms with Crippen LogP contribution in [0.4, 0.5) is 8.78 Å². The Morgan fingerprint density at radius 3 is 2.81 bits per heavy atom. The maximum atomic E-state index is 13.2. The lowest BCUT2D eigenvalue weighted by Gasteiger charge is -2.35. The minimum absolute atomic E-state index is 0.00763. The van der Waals surface area contributed by atoms with Crippen molar-refractivity contribution in [3.8, 4) is 5.75 Å². The number of ether oxygens (including phenoxy) is 1. The molecule has 0 spiro atoms. The molecule has 0 bridgehead atoms. The second kappa shape index (κ2) is 7.17. The first kappa shape index (κ1) is 17.2. The Hall–Kier alpha value is -2.25. The van der Waals surface area contributed by atoms with Gasteiger partial charge >= 0.3 is 6.61 Å². The number of hydrogen-bond donors (Lipinski definition) is 0. The Morgan fingerprint density at radius 2 is 2.04 bits per heavy atom. The molecule has 4 rings (SSSR count). The summed E-state index contributed by atoms with van der Waals surface area (Å²) in [5.74, 6) is -0.188. The molecule has 1 amide bonds. The molecule has 1 atom stereocenters. The number of amides is 1. The van der Waals surface area contributed by atoms with Gasteiger partial charge in [0.2, 0.25) is 0 Å². The second-order valence-corrected chi connectivity index (χ2v) is 7.85. The van der Waals surface area contributed by atoms with Gasteiger partial charge in [-0.3, -0.25) is 4.79 Å². The molecule has 0 N–H and O–H groups in total. The number of carbonyl (C=O) groups is 1. The molecule has 1 aliphatic heterocycles. The molecule has 0 radical (unpaired) electrons. The third-order valence-corrected chi connectivity index (χ3v) is 6.27. The van der Waals surface area contributed by atoms with Gasteiger partial charge in [0.25, 0.3) is 5.91 Å². The fraction of sp³-hybridized carbons (Fsp3) is 0.211. The van der Waals surface area contributed by atoms with Gasteiger partial charge in [-0.15, -0.1) is 22.7 Å². The number of carbonyl (C=O) groups excluding carboxylic acids is 1. The molecule has 1 unspecified atom stereocenters. The summed E-state index contributed by atoms with van der Waals surface area (Å²) in [5.41, 5.74) is 1.50. The van der Waals surface area contributed by atoms with Crippen molar-refractivity contribution in [1.29, 1.82) is 0 Å². The summed E-state index contributed by atoms with van der Waals surface area (Å²) in [5, 5.41) is 4.05. The highest BCUT2D eigenvalue weighted by Gasteiger charge is 2.34. The summed E-state index contributed by atoms with van der Waals surface area (Å²) >= 11 is 3.32. The van der Waals surface area contributed by atoms with Crippen molar-refractivity contribution in [3.05, 3.63) is 74.1 Å². The molecular weight excluding hydrogens is 376 g/mol. The molecule has 0 saturated carbocycles. The summed E-state index contributed by atoms with van der Waals surface area (Å²) in [6, 6.07) is 11.9. The fourth-order valence-electron chi connectivity index (χ4n) is 3.26. The molecule has 1 aromatic carbocycles. The normalized spacial score (nSPS) is 16.6. The standard InChI is InChI=1S/C19H15F2NO2S2/c20-19(21)24-13-4-1-3-12(11-13)18(23)22-8-6-15-14(7-10-26-15)17(22)16-5-2-9-25-16/h1-5,7,9-11,17,19H,6,8H2. The van der Waals surface area contributed by atoms with E-state index in [9.17, 15) is 13.6 Å². The molecule has 0 aliphatic carbocycles. The van der Waals surface area contributed by atoms with E-state index < -0.39 is 6.61 Å². The first-order chi connectivity index (χ1) is 12.6. The minimum atomic E-state index is -2.91. The van der Waals surface area contributed by atoms with Gasteiger partial charge in [-0.2, -0.15) is 8.78 Å². The van der Waals surface area contributed by atoms with Crippen molar-refractivity contribution in [1.82, 2.24) is 4.90 Å². The van der Waals surface area contributed by atoms with E-state index >= 15 is 0 Å². The molecule has 0 fully saturated rings. The summed E-state index contributed by atoms with van der Waals surface area (Å²) in [4.78, 5) is 17.4. The fourth-order valence-corrected chi connectivity index (χ4v) is 5.02. The van der Waals surface area contributed by atoms with Crippen LogP contribution < -0.4 is 4.74 Å². The first-order valence-electron chi connectivity index (χ1n) is 8.09. The second-order valence-electron chi connectivity index (χ2n) is 5.87. The van der Waals surface area contributed by atoms with Crippen molar-refractivity contribution in [2.24, 2.45) is 0 Å². The molecule has 0 saturated heterocycles. The van der Waals surface area contributed by atoms with Crippen LogP contribution in [-0.2, 0) is 6.42 Å². The van der Waals surface area contributed by atoms with Crippen LogP contribution in [0.15, 0.2) is 53.2 Å². The average Bonchev–Trinajstić information content (AvgIpc) is 3.31. The summed E-state index contributed by atoms with van der Waals surface area (Å²) in [7, 11) is 0. The molecule has 7 heteroatoms. The van der Waals surface area contributed by atoms with E-state index in [1.807, 2.05) is 22.4 Å². The monoisotopic (exact) mass is 391 g/mol. The van der Waals surface area contributed by atoms with Crippen LogP contribution in [0.3, 0.4) is 0 Å². The van der Waals surface area contributed by atoms with E-state index in [0.29, 0.717) is 12.1 Å². The number of nitrogens with zero attached hydrogens (tertiary/aromatic N) is 1. The third-order valence-electron chi connectivity index (χ3n) is 4.35. The third kappa shape index (κ3) is 3.24. The van der Waals surface area contributed by atoms with Crippen LogP contribution >= 0.6 is 22.7 Å². The van der Waals surface area contributed by atoms with E-state index in [2.05, 4.69) is 16.2 Å². The Bertz CT molecular complexity index is 908. The maximum absolute atomic E-state index is 13.2. The molecule has 3 aromatic rings. The lowest BCUT2D eigenvalue weighted by Crippen LogP contribution is -2.39. The molecule has 2 aromatic heterocycles. The van der Waals surface area contributed by atoms with Crippen LogP contribution in [0.25, 0.3) is 0 Å². The number of halogens is 2. The Morgan fingerprint density at radius 1 is 1.15 bits per heavy atom. The van der Waals surface area contributed by atoms with Crippen molar-refractivity contribution in [2.75, 3.05) is 6.54 Å². The summed E-state index contributed by atoms with van der Waals surface area (Å²) < 4.78 is 29.4. The Labute approximate surface area is 157 Å². The van der Waals surface area contributed by atoms with Gasteiger partial charge < -0.3 is 9.64 Å². The Balaban J connectivity index is 1.69.